The summed E-state index contributed by atoms with van der Waals surface area (Å²) in [6, 6.07) is 101. The fraction of sp³-hybridized carbons (Fsp3) is 0.207. The second-order valence-corrected chi connectivity index (χ2v) is 36.4. The summed E-state index contributed by atoms with van der Waals surface area (Å²) in [7, 11) is 0. The molecule has 0 saturated carbocycles. The van der Waals surface area contributed by atoms with E-state index in [0.717, 1.165) is 231 Å². The van der Waals surface area contributed by atoms with Crippen LogP contribution >= 0.6 is 0 Å². The van der Waals surface area contributed by atoms with E-state index in [1.54, 1.807) is 36.4 Å². The number of para-hydroxylation sites is 9. The van der Waals surface area contributed by atoms with Crippen molar-refractivity contribution in [1.29, 1.82) is 0 Å². The van der Waals surface area contributed by atoms with Gasteiger partial charge >= 0.3 is 17.1 Å². The number of imidazole rings is 3. The van der Waals surface area contributed by atoms with Gasteiger partial charge in [0.2, 0.25) is 17.5 Å². The summed E-state index contributed by atoms with van der Waals surface area (Å²) in [5, 5.41) is 3.29. The molecule has 11 heterocycles. The number of likely N-dealkylation sites (tertiary alicyclic amines) is 3. The summed E-state index contributed by atoms with van der Waals surface area (Å²) < 4.78 is 5.78. The molecule has 26 heteroatoms. The number of hydrogen-bond donors (Lipinski definition) is 10. The van der Waals surface area contributed by atoms with Crippen molar-refractivity contribution in [3.63, 3.8) is 0 Å². The molecule has 3 aliphatic rings. The van der Waals surface area contributed by atoms with Crippen LogP contribution < -0.4 is 39.7 Å². The SMILES string of the molecule is C.C.NC(=O)C(N)Cc1c[nH]c2ccccc12.O=C(C(=O)c1ccc(CN2CCC(n3c(=O)[nH]c4ccccc43)CC2)cc1)c1ccccc1.O=c1[nH]c(-c2ccc(CN3CCC(n4c(=O)[nH]c5ccccc54)CC3)cc2)c(-c2ccccc2)nc1Cc1c[nH]c2ccccc12.O=c1[nH]c(-c2ccccc2)c(-c2ccc(CN3CCC(n4c(=O)[nH]c5ccccc54)CC3)cc2)nc1Cc1c[nH]c2ccccc12. The molecule has 1 amide bonds. The van der Waals surface area contributed by atoms with Crippen LogP contribution in [0.1, 0.15) is 137 Å². The molecule has 3 aliphatic heterocycles. The molecule has 0 spiro atoms. The molecule has 12 aromatic carbocycles. The molecule has 716 valence electrons. The Bertz CT molecular complexity index is 8160. The van der Waals surface area contributed by atoms with Gasteiger partial charge in [-0.3, -0.25) is 52.4 Å². The number of carbonyl (C=O) groups is 3. The van der Waals surface area contributed by atoms with Crippen LogP contribution in [0.5, 0.6) is 0 Å². The quantitative estimate of drug-likeness (QED) is 0.0210. The Hall–Kier alpha value is -16.5. The number of benzene rings is 12. The molecule has 0 aliphatic carbocycles. The maximum Gasteiger partial charge on any atom is 0.326 e. The van der Waals surface area contributed by atoms with Gasteiger partial charge in [-0.25, -0.2) is 24.4 Å². The first-order valence-corrected chi connectivity index (χ1v) is 47.7. The zero-order valence-electron chi connectivity index (χ0n) is 77.2. The van der Waals surface area contributed by atoms with Gasteiger partial charge in [-0.15, -0.1) is 0 Å². The molecule has 23 rings (SSSR count). The van der Waals surface area contributed by atoms with Crippen molar-refractivity contribution in [2.24, 2.45) is 11.5 Å². The number of H-pyrrole nitrogens is 8. The smallest absolute Gasteiger partial charge is 0.326 e. The van der Waals surface area contributed by atoms with E-state index in [2.05, 4.69) is 115 Å². The maximum absolute atomic E-state index is 13.4. The van der Waals surface area contributed by atoms with Gasteiger partial charge in [0.25, 0.3) is 11.1 Å². The highest BCUT2D eigenvalue weighted by molar-refractivity contribution is 6.49. The number of fused-ring (bicyclic) bond motifs is 6. The number of piperidine rings is 3. The van der Waals surface area contributed by atoms with Crippen LogP contribution in [-0.4, -0.2) is 141 Å². The molecule has 8 aromatic heterocycles. The monoisotopic (exact) mass is 1890 g/mol. The standard InChI is InChI=1S/2C38H34N6O2.C27H25N3O3.C11H13N3O.2CH4/c45-37-33(22-28-23-39-31-11-5-4-10-30(28)31)40-35(36(42-37)26-8-2-1-3-9-26)27-16-14-25(15-17-27)24-43-20-18-29(19-21-43)44-34-13-7-6-12-32(34)41-38(44)46;45-37-33(22-28-23-39-31-11-5-4-10-30(28)31)40-35(26-8-2-1-3-9-26)36(42-37)27-16-14-25(15-17-27)24-43-20-18-29(19-21-43)44-34-13-7-6-12-32(34)41-38(44)46;31-25(20-6-2-1-3-7-20)26(32)21-12-10-19(11-13-21)18-29-16-14-22(15-17-29)30-24-9-5-4-8-23(24)28-27(30)33;12-9(11(13)15)5-7-6-14-10-4-2-1-3-8(7)10;;/h2*1-17,23,29,39H,18-22,24H2,(H,41,46)(H,42,45);1-13,22H,14-18H2,(H,28,33);1-4,6,9,14H,5,12H2,(H2,13,15);2*1H4. The normalized spacial score (nSPS) is 14.1. The van der Waals surface area contributed by atoms with E-state index in [9.17, 15) is 38.4 Å². The highest BCUT2D eigenvalue weighted by Crippen LogP contribution is 2.36. The second kappa shape index (κ2) is 43.3. The van der Waals surface area contributed by atoms with E-state index in [-0.39, 0.29) is 61.2 Å². The molecular weight excluding hydrogens is 1770 g/mol. The molecule has 26 nitrogen and oxygen atoms in total. The van der Waals surface area contributed by atoms with Gasteiger partial charge in [0.15, 0.2) is 0 Å². The first-order valence-electron chi connectivity index (χ1n) is 47.7. The molecule has 1 atom stereocenters. The zero-order valence-corrected chi connectivity index (χ0v) is 77.2. The topological polar surface area (TPSA) is 365 Å². The third kappa shape index (κ3) is 21.1. The van der Waals surface area contributed by atoms with E-state index < -0.39 is 23.5 Å². The van der Waals surface area contributed by atoms with Gasteiger partial charge < -0.3 is 51.3 Å². The maximum atomic E-state index is 13.4. The van der Waals surface area contributed by atoms with Gasteiger partial charge in [0.1, 0.15) is 11.4 Å². The van der Waals surface area contributed by atoms with Gasteiger partial charge in [0, 0.05) is 175 Å². The van der Waals surface area contributed by atoms with Gasteiger partial charge in [-0.05, 0) is 133 Å². The number of ketones is 2. The molecule has 20 aromatic rings. The minimum absolute atomic E-state index is 0. The minimum atomic E-state index is -0.621. The molecule has 1 unspecified atom stereocenters. The Morgan fingerprint density at radius 1 is 0.324 bits per heavy atom. The van der Waals surface area contributed by atoms with E-state index in [4.69, 9.17) is 21.4 Å². The number of primary amides is 1. The van der Waals surface area contributed by atoms with Crippen LogP contribution in [0.15, 0.2) is 352 Å². The number of hydrogen-bond acceptors (Lipinski definition) is 14. The highest BCUT2D eigenvalue weighted by Gasteiger charge is 2.30. The second-order valence-electron chi connectivity index (χ2n) is 36.4. The van der Waals surface area contributed by atoms with Crippen molar-refractivity contribution in [2.75, 3.05) is 39.3 Å². The molecule has 3 fully saturated rings. The van der Waals surface area contributed by atoms with Crippen molar-refractivity contribution < 1.29 is 14.4 Å². The summed E-state index contributed by atoms with van der Waals surface area (Å²) in [5.74, 6) is -1.45. The summed E-state index contributed by atoms with van der Waals surface area (Å²) in [6.07, 6.45) is 12.7. The number of amides is 1. The van der Waals surface area contributed by atoms with E-state index in [1.807, 2.05) is 245 Å². The lowest BCUT2D eigenvalue weighted by molar-refractivity contribution is -0.119. The fourth-order valence-electron chi connectivity index (χ4n) is 20.1. The van der Waals surface area contributed by atoms with Crippen LogP contribution in [0.4, 0.5) is 0 Å². The summed E-state index contributed by atoms with van der Waals surface area (Å²) in [4.78, 5) is 143. The van der Waals surface area contributed by atoms with Gasteiger partial charge in [-0.1, -0.05) is 270 Å². The van der Waals surface area contributed by atoms with E-state index in [1.165, 1.54) is 11.1 Å². The Labute approximate surface area is 819 Å². The lowest BCUT2D eigenvalue weighted by Gasteiger charge is -2.32. The minimum Gasteiger partial charge on any atom is -0.368 e. The summed E-state index contributed by atoms with van der Waals surface area (Å²) >= 11 is 0. The lowest BCUT2D eigenvalue weighted by atomic mass is 10.00. The summed E-state index contributed by atoms with van der Waals surface area (Å²) in [6.45, 7) is 7.93. The molecular formula is C116H114N18O8. The van der Waals surface area contributed by atoms with Crippen molar-refractivity contribution in [1.82, 2.24) is 78.2 Å². The van der Waals surface area contributed by atoms with Crippen molar-refractivity contribution in [3.05, 3.63) is 436 Å². The molecule has 12 N–H and O–H groups in total. The average Bonchev–Trinajstić information content (AvgIpc) is 1.78. The number of rotatable bonds is 23. The Morgan fingerprint density at radius 3 is 0.986 bits per heavy atom. The Kier molecular flexibility index (Phi) is 29.2. The average molecular weight is 1890 g/mol. The van der Waals surface area contributed by atoms with Crippen molar-refractivity contribution in [2.45, 2.75) is 116 Å². The number of aromatic nitrogens is 13. The Balaban J connectivity index is 0.000000131. The van der Waals surface area contributed by atoms with Gasteiger partial charge in [0.05, 0.1) is 61.9 Å². The third-order valence-electron chi connectivity index (χ3n) is 27.4. The number of Topliss-reactive ketones (excluding diaryl/α,β-unsaturated/α-hetero) is 2. The first-order chi connectivity index (χ1) is 68.5. The first kappa shape index (κ1) is 95.8. The van der Waals surface area contributed by atoms with Crippen molar-refractivity contribution in [3.8, 4) is 45.0 Å². The summed E-state index contributed by atoms with van der Waals surface area (Å²) in [5.41, 5.74) is 34.1. The predicted octanol–water partition coefficient (Wildman–Crippen LogP) is 19.3. The number of nitrogens with two attached hydrogens (primary N) is 2. The number of nitrogens with one attached hydrogen (secondary N) is 8. The van der Waals surface area contributed by atoms with Crippen LogP contribution in [0.25, 0.3) is 111 Å². The lowest BCUT2D eigenvalue weighted by Crippen LogP contribution is -2.38. The fourth-order valence-corrected chi connectivity index (χ4v) is 20.1. The third-order valence-corrected chi connectivity index (χ3v) is 27.4. The van der Waals surface area contributed by atoms with Crippen LogP contribution in [0.3, 0.4) is 0 Å². The highest BCUT2D eigenvalue weighted by atomic mass is 16.2. The van der Waals surface area contributed by atoms with Crippen LogP contribution in [0, 0.1) is 0 Å². The van der Waals surface area contributed by atoms with Gasteiger partial charge in [-0.2, -0.15) is 0 Å². The zero-order chi connectivity index (χ0) is 95.7. The molecule has 0 radical (unpaired) electrons. The number of nitrogens with zero attached hydrogens (tertiary/aromatic N) is 8. The molecule has 0 bridgehead atoms. The number of aromatic amines is 8. The van der Waals surface area contributed by atoms with Crippen molar-refractivity contribution >= 4 is 83.3 Å². The van der Waals surface area contributed by atoms with Crippen LogP contribution in [-0.2, 0) is 43.7 Å². The largest absolute Gasteiger partial charge is 0.368 e. The number of carbonyl (C=O) groups excluding carboxylic acids is 3. The van der Waals surface area contributed by atoms with Crippen LogP contribution in [0.2, 0.25) is 0 Å². The molecule has 142 heavy (non-hydrogen) atoms. The molecule has 3 saturated heterocycles. The van der Waals surface area contributed by atoms with E-state index >= 15 is 0 Å². The van der Waals surface area contributed by atoms with E-state index in [0.29, 0.717) is 41.8 Å². The Morgan fingerprint density at radius 2 is 0.613 bits per heavy atom. The predicted molar refractivity (Wildman–Crippen MR) is 566 cm³/mol.